The van der Waals surface area contributed by atoms with Crippen LogP contribution in [0, 0.1) is 62.1 Å². The average molecular weight is 745 g/mol. The summed E-state index contributed by atoms with van der Waals surface area (Å²) in [5.41, 5.74) is 13.4. The summed E-state index contributed by atoms with van der Waals surface area (Å²) in [7, 11) is 0. The highest BCUT2D eigenvalue weighted by molar-refractivity contribution is 5.73. The second kappa shape index (κ2) is 12.9. The molecule has 0 unspecified atom stereocenters. The van der Waals surface area contributed by atoms with Crippen molar-refractivity contribution < 1.29 is 19.4 Å². The predicted octanol–water partition coefficient (Wildman–Crippen LogP) is 8.20. The number of rotatable bonds is 8. The number of ether oxygens (including phenoxy) is 2. The molecule has 1 saturated heterocycles. The van der Waals surface area contributed by atoms with Gasteiger partial charge < -0.3 is 26.0 Å². The zero-order valence-corrected chi connectivity index (χ0v) is 34.9. The van der Waals surface area contributed by atoms with Gasteiger partial charge in [0, 0.05) is 28.1 Å². The number of aliphatic carboxylic acids is 1. The van der Waals surface area contributed by atoms with Gasteiger partial charge >= 0.3 is 5.97 Å². The lowest BCUT2D eigenvalue weighted by molar-refractivity contribution is -0.253. The van der Waals surface area contributed by atoms with Gasteiger partial charge in [-0.05, 0) is 103 Å². The van der Waals surface area contributed by atoms with Gasteiger partial charge in [0.15, 0.2) is 5.82 Å². The van der Waals surface area contributed by atoms with E-state index >= 15 is 0 Å². The third-order valence-electron chi connectivity index (χ3n) is 17.3. The number of carboxylic acid groups (broad SMARTS) is 1. The minimum Gasteiger partial charge on any atom is -0.481 e. The van der Waals surface area contributed by atoms with Crippen molar-refractivity contribution in [3.63, 3.8) is 0 Å². The summed E-state index contributed by atoms with van der Waals surface area (Å²) in [6.07, 6.45) is 11.2. The summed E-state index contributed by atoms with van der Waals surface area (Å²) in [5.74, 6) is 1.40. The Bertz CT molecular complexity index is 1800. The van der Waals surface area contributed by atoms with E-state index in [4.69, 9.17) is 31.0 Å². The molecular formula is C44H68N6O4. The van der Waals surface area contributed by atoms with Crippen LogP contribution in [-0.4, -0.2) is 62.3 Å². The van der Waals surface area contributed by atoms with Crippen LogP contribution in [0.1, 0.15) is 121 Å². The second-order valence-corrected chi connectivity index (χ2v) is 21.0. The number of hydrogen-bond donors (Lipinski definition) is 3. The summed E-state index contributed by atoms with van der Waals surface area (Å²) < 4.78 is 16.1. The number of hydrogen-bond acceptors (Lipinski definition) is 8. The van der Waals surface area contributed by atoms with Crippen molar-refractivity contribution >= 4 is 11.8 Å². The molecule has 2 bridgehead atoms. The van der Waals surface area contributed by atoms with Gasteiger partial charge in [-0.25, -0.2) is 14.6 Å². The number of pyridine rings is 1. The van der Waals surface area contributed by atoms with Crippen LogP contribution in [-0.2, 0) is 14.3 Å². The highest BCUT2D eigenvalue weighted by Crippen LogP contribution is 2.75. The Balaban J connectivity index is 1.36. The lowest BCUT2D eigenvalue weighted by atomic mass is 9.34. The quantitative estimate of drug-likeness (QED) is 0.227. The summed E-state index contributed by atoms with van der Waals surface area (Å²) in [6, 6.07) is 3.64. The predicted molar refractivity (Wildman–Crippen MR) is 212 cm³/mol. The van der Waals surface area contributed by atoms with E-state index in [9.17, 15) is 9.90 Å². The number of carbonyl (C=O) groups is 1. The maximum absolute atomic E-state index is 13.6. The normalized spacial score (nSPS) is 40.8. The highest BCUT2D eigenvalue weighted by atomic mass is 16.5. The standard InChI is InChI=1S/C44H68N6O4/c1-26(2)27(3)39(7)17-18-41(9)29-12-13-32-40(8)22-53-24-44(32,30(29)14-16-42(41,10)34(39)37(51)52)21-31(35(40)54-23-43(11,46)38(4,5)6)50-36(48-25-49-50)28-15-19-47-33(45)20-28/h14-15,19-20,25-27,29,31-32,34-35H,12-13,16-18,21-24,46H2,1-11H3,(H2,45,47)(H,51,52)/t27-,29+,31-,32+,34-,35+,39-,40-,41-,42+,43+,44+/m1/s1. The number of carboxylic acids is 1. The largest absolute Gasteiger partial charge is 0.481 e. The maximum atomic E-state index is 13.6. The molecule has 10 nitrogen and oxygen atoms in total. The van der Waals surface area contributed by atoms with Crippen LogP contribution in [0.15, 0.2) is 36.3 Å². The van der Waals surface area contributed by atoms with Crippen molar-refractivity contribution in [1.82, 2.24) is 19.7 Å². The zero-order chi connectivity index (χ0) is 39.4. The van der Waals surface area contributed by atoms with E-state index < -0.39 is 17.4 Å². The molecule has 5 aliphatic rings. The summed E-state index contributed by atoms with van der Waals surface area (Å²) in [5, 5.41) is 16.1. The Morgan fingerprint density at radius 2 is 1.80 bits per heavy atom. The molecule has 12 atom stereocenters. The highest BCUT2D eigenvalue weighted by Gasteiger charge is 2.72. The van der Waals surface area contributed by atoms with Gasteiger partial charge in [0.25, 0.3) is 0 Å². The fourth-order valence-corrected chi connectivity index (χ4v) is 12.9. The molecule has 0 radical (unpaired) electrons. The van der Waals surface area contributed by atoms with Crippen molar-refractivity contribution in [3.8, 4) is 11.4 Å². The van der Waals surface area contributed by atoms with Crippen LogP contribution >= 0.6 is 0 Å². The van der Waals surface area contributed by atoms with E-state index in [2.05, 4.69) is 91.9 Å². The topological polar surface area (TPSA) is 151 Å². The minimum atomic E-state index is -0.633. The fraction of sp³-hybridized carbons (Fsp3) is 0.773. The zero-order valence-electron chi connectivity index (χ0n) is 34.9. The SMILES string of the molecule is CC(C)[C@@H](C)[C@@]1(C)CC[C@]2(C)[C@H]3CC[C@@H]4[C@@]5(COC[C@@]4(C)[C@@H](OC[C@](C)(N)C(C)(C)C)[C@H](n4ncnc4-c4ccnc(N)c4)C5)C3=CC[C@@]2(C)[C@@H]1C(=O)O. The Morgan fingerprint density at radius 1 is 1.07 bits per heavy atom. The first-order valence-electron chi connectivity index (χ1n) is 20.6. The number of aromatic nitrogens is 4. The lowest BCUT2D eigenvalue weighted by Crippen LogP contribution is -2.69. The summed E-state index contributed by atoms with van der Waals surface area (Å²) in [4.78, 5) is 22.6. The number of anilines is 1. The molecule has 54 heavy (non-hydrogen) atoms. The molecule has 0 aromatic carbocycles. The van der Waals surface area contributed by atoms with E-state index in [1.807, 2.05) is 12.1 Å². The molecule has 2 aromatic heterocycles. The van der Waals surface area contributed by atoms with Gasteiger partial charge in [-0.15, -0.1) is 0 Å². The van der Waals surface area contributed by atoms with E-state index in [1.54, 1.807) is 12.5 Å². The van der Waals surface area contributed by atoms with Gasteiger partial charge in [-0.1, -0.05) is 80.9 Å². The lowest BCUT2D eigenvalue weighted by Gasteiger charge is -2.71. The molecular weight excluding hydrogens is 677 g/mol. The van der Waals surface area contributed by atoms with Gasteiger partial charge in [-0.2, -0.15) is 5.10 Å². The molecule has 7 rings (SSSR count). The van der Waals surface area contributed by atoms with E-state index in [0.29, 0.717) is 43.4 Å². The monoisotopic (exact) mass is 745 g/mol. The van der Waals surface area contributed by atoms with Crippen LogP contribution in [0.2, 0.25) is 0 Å². The number of allylic oxidation sites excluding steroid dienone is 1. The summed E-state index contributed by atoms with van der Waals surface area (Å²) >= 11 is 0. The molecule has 4 aliphatic carbocycles. The Morgan fingerprint density at radius 3 is 2.44 bits per heavy atom. The second-order valence-electron chi connectivity index (χ2n) is 21.0. The van der Waals surface area contributed by atoms with E-state index in [-0.39, 0.29) is 50.6 Å². The fourth-order valence-electron chi connectivity index (χ4n) is 12.9. The molecule has 5 N–H and O–H groups in total. The van der Waals surface area contributed by atoms with Crippen LogP contribution in [0.25, 0.3) is 11.4 Å². The Labute approximate surface area is 323 Å². The third-order valence-corrected chi connectivity index (χ3v) is 17.3. The number of nitrogen functional groups attached to an aromatic ring is 1. The molecule has 10 heteroatoms. The van der Waals surface area contributed by atoms with Gasteiger partial charge in [0.2, 0.25) is 0 Å². The maximum Gasteiger partial charge on any atom is 0.307 e. The minimum absolute atomic E-state index is 0.160. The van der Waals surface area contributed by atoms with Gasteiger partial charge in [-0.3, -0.25) is 4.79 Å². The molecule has 298 valence electrons. The molecule has 0 amide bonds. The van der Waals surface area contributed by atoms with Crippen LogP contribution in [0.3, 0.4) is 0 Å². The van der Waals surface area contributed by atoms with Crippen molar-refractivity contribution in [2.24, 2.45) is 67.8 Å². The molecule has 0 spiro atoms. The van der Waals surface area contributed by atoms with E-state index in [1.165, 1.54) is 5.57 Å². The van der Waals surface area contributed by atoms with Gasteiger partial charge in [0.1, 0.15) is 12.1 Å². The molecule has 3 saturated carbocycles. The summed E-state index contributed by atoms with van der Waals surface area (Å²) in [6.45, 7) is 26.4. The third kappa shape index (κ3) is 5.49. The Kier molecular flexibility index (Phi) is 9.38. The molecule has 1 aliphatic heterocycles. The van der Waals surface area contributed by atoms with Crippen LogP contribution < -0.4 is 11.5 Å². The van der Waals surface area contributed by atoms with Crippen molar-refractivity contribution in [1.29, 1.82) is 0 Å². The molecule has 3 heterocycles. The average Bonchev–Trinajstić information content (AvgIpc) is 3.57. The first-order valence-corrected chi connectivity index (χ1v) is 20.6. The van der Waals surface area contributed by atoms with Crippen LogP contribution in [0.4, 0.5) is 5.82 Å². The van der Waals surface area contributed by atoms with Crippen LogP contribution in [0.5, 0.6) is 0 Å². The Hall–Kier alpha value is -2.82. The van der Waals surface area contributed by atoms with Crippen molar-refractivity contribution in [3.05, 3.63) is 36.3 Å². The van der Waals surface area contributed by atoms with E-state index in [0.717, 1.165) is 49.9 Å². The van der Waals surface area contributed by atoms with Crippen molar-refractivity contribution in [2.45, 2.75) is 132 Å². The molecule has 4 fully saturated rings. The first-order chi connectivity index (χ1) is 25.1. The number of nitrogens with two attached hydrogens (primary N) is 2. The number of nitrogens with zero attached hydrogens (tertiary/aromatic N) is 4. The molecule has 2 aromatic rings. The number of fused-ring (bicyclic) bond motifs is 3. The van der Waals surface area contributed by atoms with Crippen molar-refractivity contribution in [2.75, 3.05) is 25.6 Å². The smallest absolute Gasteiger partial charge is 0.307 e. The first kappa shape index (κ1) is 39.4. The van der Waals surface area contributed by atoms with Gasteiger partial charge in [0.05, 0.1) is 37.9 Å².